The van der Waals surface area contributed by atoms with E-state index in [1.54, 1.807) is 12.1 Å². The highest BCUT2D eigenvalue weighted by Crippen LogP contribution is 2.42. The Morgan fingerprint density at radius 2 is 0.959 bits per heavy atom. The molecule has 1 aliphatic rings. The van der Waals surface area contributed by atoms with Crippen LogP contribution in [0.15, 0.2) is 72.8 Å². The molecule has 0 spiro atoms. The smallest absolute Gasteiger partial charge is 0.125 e. The molecule has 256 valence electrons. The van der Waals surface area contributed by atoms with Crippen molar-refractivity contribution in [1.29, 1.82) is 0 Å². The number of aliphatic hydroxyl groups is 1. The van der Waals surface area contributed by atoms with Gasteiger partial charge in [-0.05, 0) is 141 Å². The van der Waals surface area contributed by atoms with Crippen molar-refractivity contribution in [3.63, 3.8) is 0 Å². The van der Waals surface area contributed by atoms with Crippen LogP contribution in [-0.4, -0.2) is 20.9 Å². The van der Waals surface area contributed by atoms with Crippen molar-refractivity contribution < 1.29 is 15.3 Å². The Labute approximate surface area is 295 Å². The van der Waals surface area contributed by atoms with Crippen LogP contribution < -0.4 is 0 Å². The van der Waals surface area contributed by atoms with Crippen molar-refractivity contribution in [2.24, 2.45) is 0 Å². The van der Waals surface area contributed by atoms with E-state index in [1.165, 1.54) is 22.3 Å². The molecule has 1 aliphatic carbocycles. The van der Waals surface area contributed by atoms with Gasteiger partial charge in [0.05, 0.1) is 0 Å². The van der Waals surface area contributed by atoms with Gasteiger partial charge in [-0.25, -0.2) is 0 Å². The Morgan fingerprint density at radius 3 is 1.27 bits per heavy atom. The second kappa shape index (κ2) is 15.4. The highest BCUT2D eigenvalue weighted by Gasteiger charge is 2.33. The van der Waals surface area contributed by atoms with E-state index in [2.05, 4.69) is 102 Å². The van der Waals surface area contributed by atoms with Crippen LogP contribution in [0.2, 0.25) is 0 Å². The van der Waals surface area contributed by atoms with Gasteiger partial charge in [0, 0.05) is 22.0 Å². The molecule has 0 radical (unpaired) electrons. The Kier molecular flexibility index (Phi) is 11.8. The maximum atomic E-state index is 10.2. The third kappa shape index (κ3) is 7.59. The van der Waals surface area contributed by atoms with Crippen LogP contribution in [-0.2, 0) is 10.8 Å². The Hall–Kier alpha value is -4.44. The summed E-state index contributed by atoms with van der Waals surface area (Å²) in [4.78, 5) is 0. The van der Waals surface area contributed by atoms with Crippen LogP contribution in [0.5, 0.6) is 11.5 Å². The first kappa shape index (κ1) is 37.4. The van der Waals surface area contributed by atoms with E-state index in [9.17, 15) is 15.3 Å². The number of phenols is 2. The van der Waals surface area contributed by atoms with Gasteiger partial charge in [-0.1, -0.05) is 94.0 Å². The van der Waals surface area contributed by atoms with E-state index in [0.717, 1.165) is 78.3 Å². The van der Waals surface area contributed by atoms with E-state index in [0.29, 0.717) is 11.5 Å². The normalized spacial score (nSPS) is 13.6. The summed E-state index contributed by atoms with van der Waals surface area (Å²) in [6.07, 6.45) is 12.1. The van der Waals surface area contributed by atoms with E-state index in [1.807, 2.05) is 32.0 Å². The van der Waals surface area contributed by atoms with Gasteiger partial charge in [0.2, 0.25) is 0 Å². The topological polar surface area (TPSA) is 60.7 Å². The van der Waals surface area contributed by atoms with Crippen molar-refractivity contribution in [3.8, 4) is 35.7 Å². The number of hydrogen-bond donors (Lipinski definition) is 3. The summed E-state index contributed by atoms with van der Waals surface area (Å²) in [5.74, 6) is 9.68. The molecule has 3 heteroatoms. The van der Waals surface area contributed by atoms with Crippen LogP contribution in [0.1, 0.15) is 128 Å². The summed E-state index contributed by atoms with van der Waals surface area (Å²) in [7, 11) is 0. The fourth-order valence-electron chi connectivity index (χ4n) is 7.42. The van der Waals surface area contributed by atoms with Gasteiger partial charge in [0.25, 0.3) is 0 Å². The van der Waals surface area contributed by atoms with E-state index in [-0.39, 0.29) is 10.8 Å². The molecule has 0 aromatic heterocycles. The lowest BCUT2D eigenvalue weighted by Crippen LogP contribution is -2.34. The lowest BCUT2D eigenvalue weighted by molar-refractivity contribution is 0.0240. The molecule has 0 aliphatic heterocycles. The summed E-state index contributed by atoms with van der Waals surface area (Å²) in [6, 6.07) is 24.8. The standard InChI is InChI=1S/C25H30O2.C21H24O/c1-5-25(6-2,22-10-11-23(26)19(4)17-22)21-9-8-20(18(3)16-21)12-15-24(27)13-7-14-24;1-6-17-9-10-18(13-15(17)4)21(7-2,8-3)19-11-12-20(22)16(5)14-19/h8-11,16-17,26-27H,5-7,13-14H2,1-4H3;1,9-14,22H,7-8H2,2-5H3. The first-order chi connectivity index (χ1) is 23.3. The number of benzene rings is 4. The second-order valence-corrected chi connectivity index (χ2v) is 13.9. The number of aryl methyl sites for hydroxylation is 4. The highest BCUT2D eigenvalue weighted by molar-refractivity contribution is 5.51. The molecule has 4 aromatic rings. The molecular weight excluding hydrogens is 601 g/mol. The van der Waals surface area contributed by atoms with E-state index >= 15 is 0 Å². The molecule has 4 aromatic carbocycles. The zero-order chi connectivity index (χ0) is 36.0. The molecule has 49 heavy (non-hydrogen) atoms. The molecule has 0 unspecified atom stereocenters. The Bertz CT molecular complexity index is 1880. The molecule has 0 bridgehead atoms. The molecule has 0 saturated heterocycles. The first-order valence-electron chi connectivity index (χ1n) is 17.9. The van der Waals surface area contributed by atoms with E-state index < -0.39 is 5.60 Å². The number of rotatable bonds is 8. The van der Waals surface area contributed by atoms with Crippen LogP contribution in [0, 0.1) is 51.9 Å². The molecule has 0 atom stereocenters. The third-order valence-corrected chi connectivity index (χ3v) is 11.2. The minimum atomic E-state index is -0.773. The molecule has 0 heterocycles. The maximum absolute atomic E-state index is 10.2. The van der Waals surface area contributed by atoms with Crippen LogP contribution in [0.3, 0.4) is 0 Å². The summed E-state index contributed by atoms with van der Waals surface area (Å²) < 4.78 is 0. The van der Waals surface area contributed by atoms with Crippen molar-refractivity contribution in [2.75, 3.05) is 0 Å². The van der Waals surface area contributed by atoms with Crippen molar-refractivity contribution in [1.82, 2.24) is 0 Å². The quantitative estimate of drug-likeness (QED) is 0.166. The molecule has 3 nitrogen and oxygen atoms in total. The Balaban J connectivity index is 0.000000226. The highest BCUT2D eigenvalue weighted by atomic mass is 16.3. The number of terminal acetylenes is 1. The average molecular weight is 655 g/mol. The molecule has 1 saturated carbocycles. The van der Waals surface area contributed by atoms with Crippen LogP contribution in [0.4, 0.5) is 0 Å². The van der Waals surface area contributed by atoms with Gasteiger partial charge in [-0.15, -0.1) is 6.42 Å². The van der Waals surface area contributed by atoms with Gasteiger partial charge in [-0.3, -0.25) is 0 Å². The lowest BCUT2D eigenvalue weighted by atomic mass is 9.70. The van der Waals surface area contributed by atoms with Gasteiger partial charge in [-0.2, -0.15) is 0 Å². The molecule has 3 N–H and O–H groups in total. The second-order valence-electron chi connectivity index (χ2n) is 13.9. The monoisotopic (exact) mass is 654 g/mol. The van der Waals surface area contributed by atoms with Crippen LogP contribution in [0.25, 0.3) is 0 Å². The molecule has 0 amide bonds. The van der Waals surface area contributed by atoms with E-state index in [4.69, 9.17) is 6.42 Å². The zero-order valence-corrected chi connectivity index (χ0v) is 30.8. The fraction of sp³-hybridized carbons (Fsp3) is 0.391. The first-order valence-corrected chi connectivity index (χ1v) is 17.9. The molecule has 5 rings (SSSR count). The predicted molar refractivity (Wildman–Crippen MR) is 204 cm³/mol. The summed E-state index contributed by atoms with van der Waals surface area (Å²) >= 11 is 0. The largest absolute Gasteiger partial charge is 0.508 e. The maximum Gasteiger partial charge on any atom is 0.125 e. The summed E-state index contributed by atoms with van der Waals surface area (Å²) in [5, 5.41) is 30.0. The molecule has 1 fully saturated rings. The average Bonchev–Trinajstić information content (AvgIpc) is 3.08. The summed E-state index contributed by atoms with van der Waals surface area (Å²) in [5.41, 5.74) is 10.2. The SMILES string of the molecule is C#Cc1ccc(C(CC)(CC)c2ccc(O)c(C)c2)cc1C.CCC(CC)(c1ccc(O)c(C)c1)c1ccc(C#CC2(O)CCC2)c(C)c1. The van der Waals surface area contributed by atoms with Gasteiger partial charge >= 0.3 is 0 Å². The zero-order valence-electron chi connectivity index (χ0n) is 30.8. The predicted octanol–water partition coefficient (Wildman–Crippen LogP) is 10.5. The third-order valence-electron chi connectivity index (χ3n) is 11.2. The molecular formula is C46H54O3. The number of hydrogen-bond acceptors (Lipinski definition) is 3. The lowest BCUT2D eigenvalue weighted by Gasteiger charge is -2.34. The number of aromatic hydroxyl groups is 2. The minimum Gasteiger partial charge on any atom is -0.508 e. The van der Waals surface area contributed by atoms with Crippen molar-refractivity contribution in [2.45, 2.75) is 117 Å². The van der Waals surface area contributed by atoms with Gasteiger partial charge in [0.15, 0.2) is 0 Å². The fourth-order valence-corrected chi connectivity index (χ4v) is 7.42. The van der Waals surface area contributed by atoms with Gasteiger partial charge in [0.1, 0.15) is 17.1 Å². The van der Waals surface area contributed by atoms with Crippen molar-refractivity contribution in [3.05, 3.63) is 128 Å². The summed E-state index contributed by atoms with van der Waals surface area (Å²) in [6.45, 7) is 16.9. The Morgan fingerprint density at radius 1 is 0.592 bits per heavy atom. The van der Waals surface area contributed by atoms with Crippen molar-refractivity contribution >= 4 is 0 Å². The van der Waals surface area contributed by atoms with Gasteiger partial charge < -0.3 is 15.3 Å². The van der Waals surface area contributed by atoms with Crippen LogP contribution >= 0.6 is 0 Å². The number of phenolic OH excluding ortho intramolecular Hbond substituents is 2. The minimum absolute atomic E-state index is 0.0453.